The van der Waals surface area contributed by atoms with Crippen molar-refractivity contribution >= 4 is 45.5 Å². The maximum atomic E-state index is 12.2. The molecule has 0 saturated heterocycles. The van der Waals surface area contributed by atoms with E-state index < -0.39 is 0 Å². The number of ether oxygens (including phenoxy) is 1. The number of carbonyl (C=O) groups is 1. The Hall–Kier alpha value is -2.41. The van der Waals surface area contributed by atoms with Gasteiger partial charge in [-0.2, -0.15) is 5.10 Å². The van der Waals surface area contributed by atoms with Gasteiger partial charge in [0.2, 0.25) is 0 Å². The lowest BCUT2D eigenvalue weighted by Crippen LogP contribution is -2.18. The number of hydrogen-bond acceptors (Lipinski definition) is 3. The summed E-state index contributed by atoms with van der Waals surface area (Å²) in [5.41, 5.74) is 4.00. The van der Waals surface area contributed by atoms with Crippen LogP contribution in [0.5, 0.6) is 5.75 Å². The molecule has 3 aromatic rings. The quantitative estimate of drug-likeness (QED) is 0.383. The summed E-state index contributed by atoms with van der Waals surface area (Å²) in [6, 6.07) is 19.2. The maximum Gasteiger partial charge on any atom is 0.272 e. The third-order valence-electron chi connectivity index (χ3n) is 3.63. The second-order valence-corrected chi connectivity index (χ2v) is 6.24. The average molecular weight is 430 g/mol. The van der Waals surface area contributed by atoms with Gasteiger partial charge in [0, 0.05) is 9.13 Å². The van der Waals surface area contributed by atoms with Crippen LogP contribution in [0.1, 0.15) is 15.9 Å². The van der Waals surface area contributed by atoms with E-state index in [1.54, 1.807) is 19.4 Å². The molecule has 24 heavy (non-hydrogen) atoms. The second-order valence-electron chi connectivity index (χ2n) is 5.08. The first kappa shape index (κ1) is 16.4. The molecule has 0 aliphatic heterocycles. The van der Waals surface area contributed by atoms with Crippen LogP contribution in [0.25, 0.3) is 10.8 Å². The molecule has 5 heteroatoms. The number of hydrogen-bond donors (Lipinski definition) is 1. The predicted octanol–water partition coefficient (Wildman–Crippen LogP) is 4.22. The Morgan fingerprint density at radius 1 is 1.08 bits per heavy atom. The van der Waals surface area contributed by atoms with Crippen LogP contribution >= 0.6 is 22.6 Å². The standard InChI is InChI=1S/C19H15IN2O2/c1-24-18-11-10-13-6-2-3-7-14(13)16(18)12-21-22-19(23)15-8-4-5-9-17(15)20/h2-12H,1H3,(H,22,23)/b21-12-. The summed E-state index contributed by atoms with van der Waals surface area (Å²) in [6.07, 6.45) is 1.62. The average Bonchev–Trinajstić information content (AvgIpc) is 2.62. The third kappa shape index (κ3) is 3.41. The lowest BCUT2D eigenvalue weighted by atomic mass is 10.0. The molecule has 0 aliphatic rings. The number of hydrazone groups is 1. The largest absolute Gasteiger partial charge is 0.496 e. The van der Waals surface area contributed by atoms with E-state index >= 15 is 0 Å². The fourth-order valence-corrected chi connectivity index (χ4v) is 3.08. The number of amides is 1. The smallest absolute Gasteiger partial charge is 0.272 e. The van der Waals surface area contributed by atoms with Crippen molar-refractivity contribution in [2.24, 2.45) is 5.10 Å². The molecule has 0 bridgehead atoms. The highest BCUT2D eigenvalue weighted by molar-refractivity contribution is 14.1. The van der Waals surface area contributed by atoms with Crippen LogP contribution in [-0.2, 0) is 0 Å². The molecule has 4 nitrogen and oxygen atoms in total. The Balaban J connectivity index is 1.88. The molecule has 0 saturated carbocycles. The number of methoxy groups -OCH3 is 1. The SMILES string of the molecule is COc1ccc2ccccc2c1/C=N\NC(=O)c1ccccc1I. The van der Waals surface area contributed by atoms with Crippen molar-refractivity contribution < 1.29 is 9.53 Å². The Morgan fingerprint density at radius 2 is 1.83 bits per heavy atom. The summed E-state index contributed by atoms with van der Waals surface area (Å²) < 4.78 is 6.29. The van der Waals surface area contributed by atoms with Gasteiger partial charge in [-0.15, -0.1) is 0 Å². The molecule has 1 amide bonds. The number of benzene rings is 3. The van der Waals surface area contributed by atoms with Gasteiger partial charge in [-0.1, -0.05) is 42.5 Å². The van der Waals surface area contributed by atoms with Crippen molar-refractivity contribution in [1.82, 2.24) is 5.43 Å². The summed E-state index contributed by atoms with van der Waals surface area (Å²) in [7, 11) is 1.62. The summed E-state index contributed by atoms with van der Waals surface area (Å²) in [5, 5.41) is 6.21. The topological polar surface area (TPSA) is 50.7 Å². The lowest BCUT2D eigenvalue weighted by Gasteiger charge is -2.08. The first-order chi connectivity index (χ1) is 11.7. The normalized spacial score (nSPS) is 10.9. The van der Waals surface area contributed by atoms with Crippen LogP contribution in [0, 0.1) is 3.57 Å². The van der Waals surface area contributed by atoms with Gasteiger partial charge >= 0.3 is 0 Å². The highest BCUT2D eigenvalue weighted by atomic mass is 127. The minimum atomic E-state index is -0.240. The van der Waals surface area contributed by atoms with Crippen LogP contribution in [0.3, 0.4) is 0 Å². The minimum absolute atomic E-state index is 0.240. The third-order valence-corrected chi connectivity index (χ3v) is 4.57. The summed E-state index contributed by atoms with van der Waals surface area (Å²) in [5.74, 6) is 0.469. The molecule has 3 rings (SSSR count). The second kappa shape index (κ2) is 7.44. The maximum absolute atomic E-state index is 12.2. The number of fused-ring (bicyclic) bond motifs is 1. The van der Waals surface area contributed by atoms with Gasteiger partial charge in [0.1, 0.15) is 5.75 Å². The highest BCUT2D eigenvalue weighted by Gasteiger charge is 2.09. The van der Waals surface area contributed by atoms with Gasteiger partial charge in [0.25, 0.3) is 5.91 Å². The number of rotatable bonds is 4. The number of nitrogens with one attached hydrogen (secondary N) is 1. The van der Waals surface area contributed by atoms with Crippen molar-refractivity contribution in [3.63, 3.8) is 0 Å². The Morgan fingerprint density at radius 3 is 2.62 bits per heavy atom. The number of nitrogens with zero attached hydrogens (tertiary/aromatic N) is 1. The van der Waals surface area contributed by atoms with E-state index in [4.69, 9.17) is 4.74 Å². The fourth-order valence-electron chi connectivity index (χ4n) is 2.45. The molecule has 1 N–H and O–H groups in total. The zero-order valence-electron chi connectivity index (χ0n) is 13.0. The van der Waals surface area contributed by atoms with E-state index in [-0.39, 0.29) is 5.91 Å². The molecule has 0 unspecified atom stereocenters. The van der Waals surface area contributed by atoms with Gasteiger partial charge in [0.05, 0.1) is 18.9 Å². The minimum Gasteiger partial charge on any atom is -0.496 e. The van der Waals surface area contributed by atoms with E-state index in [9.17, 15) is 4.79 Å². The van der Waals surface area contributed by atoms with Crippen LogP contribution in [0.4, 0.5) is 0 Å². The number of carbonyl (C=O) groups excluding carboxylic acids is 1. The first-order valence-corrected chi connectivity index (χ1v) is 8.42. The molecule has 0 aliphatic carbocycles. The molecule has 0 radical (unpaired) electrons. The molecular weight excluding hydrogens is 415 g/mol. The van der Waals surface area contributed by atoms with Crippen molar-refractivity contribution in [1.29, 1.82) is 0 Å². The summed E-state index contributed by atoms with van der Waals surface area (Å²) in [4.78, 5) is 12.2. The van der Waals surface area contributed by atoms with Gasteiger partial charge in [-0.25, -0.2) is 5.43 Å². The molecule has 3 aromatic carbocycles. The van der Waals surface area contributed by atoms with Gasteiger partial charge in [0.15, 0.2) is 0 Å². The number of halogens is 1. The molecule has 0 fully saturated rings. The fraction of sp³-hybridized carbons (Fsp3) is 0.0526. The molecule has 0 spiro atoms. The van der Waals surface area contributed by atoms with E-state index in [2.05, 4.69) is 33.1 Å². The van der Waals surface area contributed by atoms with E-state index in [0.717, 1.165) is 19.9 Å². The Labute approximate surface area is 153 Å². The molecule has 0 aromatic heterocycles. The lowest BCUT2D eigenvalue weighted by molar-refractivity contribution is 0.0954. The van der Waals surface area contributed by atoms with Crippen molar-refractivity contribution in [3.8, 4) is 5.75 Å². The molecule has 0 atom stereocenters. The first-order valence-electron chi connectivity index (χ1n) is 7.34. The predicted molar refractivity (Wildman–Crippen MR) is 105 cm³/mol. The van der Waals surface area contributed by atoms with Crippen LogP contribution in [0.2, 0.25) is 0 Å². The van der Waals surface area contributed by atoms with Gasteiger partial charge < -0.3 is 4.74 Å². The van der Waals surface area contributed by atoms with Crippen molar-refractivity contribution in [2.45, 2.75) is 0 Å². The summed E-state index contributed by atoms with van der Waals surface area (Å²) >= 11 is 2.13. The van der Waals surface area contributed by atoms with Gasteiger partial charge in [-0.05, 0) is 51.6 Å². The zero-order chi connectivity index (χ0) is 16.9. The molecule has 0 heterocycles. The monoisotopic (exact) mass is 430 g/mol. The van der Waals surface area contributed by atoms with Crippen molar-refractivity contribution in [3.05, 3.63) is 75.4 Å². The zero-order valence-corrected chi connectivity index (χ0v) is 15.2. The van der Waals surface area contributed by atoms with E-state index in [1.807, 2.05) is 54.6 Å². The van der Waals surface area contributed by atoms with E-state index in [0.29, 0.717) is 11.3 Å². The van der Waals surface area contributed by atoms with Crippen molar-refractivity contribution in [2.75, 3.05) is 7.11 Å². The Kier molecular flexibility index (Phi) is 5.10. The van der Waals surface area contributed by atoms with Gasteiger partial charge in [-0.3, -0.25) is 4.79 Å². The Bertz CT molecular complexity index is 922. The van der Waals surface area contributed by atoms with Crippen LogP contribution < -0.4 is 10.2 Å². The molecular formula is C19H15IN2O2. The van der Waals surface area contributed by atoms with Crippen LogP contribution in [-0.4, -0.2) is 19.2 Å². The summed E-state index contributed by atoms with van der Waals surface area (Å²) in [6.45, 7) is 0. The van der Waals surface area contributed by atoms with E-state index in [1.165, 1.54) is 0 Å². The van der Waals surface area contributed by atoms with Crippen LogP contribution in [0.15, 0.2) is 65.8 Å². The highest BCUT2D eigenvalue weighted by Crippen LogP contribution is 2.26. The molecule has 120 valence electrons.